The number of amides is 1. The summed E-state index contributed by atoms with van der Waals surface area (Å²) in [5.74, 6) is -0.606. The lowest BCUT2D eigenvalue weighted by Crippen LogP contribution is -2.18. The highest BCUT2D eigenvalue weighted by Crippen LogP contribution is 2.25. The van der Waals surface area contributed by atoms with Crippen molar-refractivity contribution in [2.24, 2.45) is 5.73 Å². The van der Waals surface area contributed by atoms with Gasteiger partial charge in [-0.25, -0.2) is 4.79 Å². The molecule has 15 heavy (non-hydrogen) atoms. The van der Waals surface area contributed by atoms with E-state index in [1.54, 1.807) is 0 Å². The molecule has 1 aromatic rings. The van der Waals surface area contributed by atoms with E-state index in [2.05, 4.69) is 15.2 Å². The predicted octanol–water partition coefficient (Wildman–Crippen LogP) is 2.04. The smallest absolute Gasteiger partial charge is 0.410 e. The lowest BCUT2D eigenvalue weighted by atomic mass is 10.3. The van der Waals surface area contributed by atoms with Crippen molar-refractivity contribution < 1.29 is 27.4 Å². The number of ether oxygens (including phenoxy) is 2. The number of primary amides is 1. The first-order valence-electron chi connectivity index (χ1n) is 3.70. The molecule has 0 aromatic heterocycles. The van der Waals surface area contributed by atoms with E-state index in [-0.39, 0.29) is 5.75 Å². The second-order valence-corrected chi connectivity index (χ2v) is 2.44. The number of alkyl halides is 3. The van der Waals surface area contributed by atoms with Crippen molar-refractivity contribution in [3.05, 3.63) is 24.3 Å². The molecular weight excluding hydrogens is 215 g/mol. The van der Waals surface area contributed by atoms with Crippen molar-refractivity contribution in [1.82, 2.24) is 0 Å². The Hall–Kier alpha value is -1.92. The number of carbonyl (C=O) groups excluding carboxylic acids is 1. The Morgan fingerprint density at radius 2 is 1.87 bits per heavy atom. The number of nitrogens with two attached hydrogens (primary N) is 1. The Morgan fingerprint density at radius 3 is 2.40 bits per heavy atom. The molecule has 0 aliphatic rings. The van der Waals surface area contributed by atoms with Gasteiger partial charge in [0.1, 0.15) is 11.5 Å². The summed E-state index contributed by atoms with van der Waals surface area (Å²) in [4.78, 5) is 10.3. The summed E-state index contributed by atoms with van der Waals surface area (Å²) in [6.07, 6.45) is -5.90. The Morgan fingerprint density at radius 1 is 1.27 bits per heavy atom. The second-order valence-electron chi connectivity index (χ2n) is 2.44. The van der Waals surface area contributed by atoms with E-state index in [0.29, 0.717) is 0 Å². The molecule has 0 bridgehead atoms. The van der Waals surface area contributed by atoms with Crippen LogP contribution in [0.5, 0.6) is 11.5 Å². The quantitative estimate of drug-likeness (QED) is 0.831. The number of hydrogen-bond donors (Lipinski definition) is 1. The Bertz CT molecular complexity index is 364. The molecule has 2 N–H and O–H groups in total. The third-order valence-electron chi connectivity index (χ3n) is 1.26. The lowest BCUT2D eigenvalue weighted by Gasteiger charge is -2.09. The highest BCUT2D eigenvalue weighted by Gasteiger charge is 2.31. The molecule has 0 aliphatic heterocycles. The first-order chi connectivity index (χ1) is 6.87. The number of benzene rings is 1. The Kier molecular flexibility index (Phi) is 3.03. The van der Waals surface area contributed by atoms with Gasteiger partial charge in [-0.15, -0.1) is 13.2 Å². The van der Waals surface area contributed by atoms with Crippen molar-refractivity contribution in [3.63, 3.8) is 0 Å². The van der Waals surface area contributed by atoms with Gasteiger partial charge in [0.15, 0.2) is 0 Å². The molecule has 0 unspecified atom stereocenters. The minimum Gasteiger partial charge on any atom is -0.410 e. The summed E-state index contributed by atoms with van der Waals surface area (Å²) < 4.78 is 43.3. The molecule has 1 amide bonds. The van der Waals surface area contributed by atoms with Gasteiger partial charge in [-0.2, -0.15) is 0 Å². The maximum atomic E-state index is 11.8. The molecule has 1 rings (SSSR count). The fourth-order valence-electron chi connectivity index (χ4n) is 0.851. The molecule has 0 saturated heterocycles. The van der Waals surface area contributed by atoms with Gasteiger partial charge in [0, 0.05) is 6.07 Å². The van der Waals surface area contributed by atoms with Gasteiger partial charge in [-0.1, -0.05) is 6.07 Å². The van der Waals surface area contributed by atoms with Crippen LogP contribution in [0.2, 0.25) is 0 Å². The van der Waals surface area contributed by atoms with Crippen LogP contribution in [0.4, 0.5) is 18.0 Å². The van der Waals surface area contributed by atoms with E-state index in [4.69, 9.17) is 0 Å². The van der Waals surface area contributed by atoms with Gasteiger partial charge < -0.3 is 15.2 Å². The summed E-state index contributed by atoms with van der Waals surface area (Å²) in [6, 6.07) is 4.48. The standard InChI is InChI=1S/C8H6F3NO3/c9-8(10,11)15-6-3-1-2-5(4-6)14-7(12)13/h1-4H,(H2,12,13). The maximum absolute atomic E-state index is 11.8. The topological polar surface area (TPSA) is 61.6 Å². The van der Waals surface area contributed by atoms with Crippen LogP contribution < -0.4 is 15.2 Å². The van der Waals surface area contributed by atoms with Crippen LogP contribution in [0.3, 0.4) is 0 Å². The molecule has 0 spiro atoms. The van der Waals surface area contributed by atoms with Gasteiger partial charge in [0.25, 0.3) is 0 Å². The van der Waals surface area contributed by atoms with E-state index in [0.717, 1.165) is 12.1 Å². The van der Waals surface area contributed by atoms with Crippen LogP contribution in [-0.2, 0) is 0 Å². The lowest BCUT2D eigenvalue weighted by molar-refractivity contribution is -0.274. The van der Waals surface area contributed by atoms with E-state index < -0.39 is 18.2 Å². The molecule has 0 atom stereocenters. The van der Waals surface area contributed by atoms with Crippen LogP contribution in [0, 0.1) is 0 Å². The van der Waals surface area contributed by atoms with Gasteiger partial charge in [0.2, 0.25) is 0 Å². The van der Waals surface area contributed by atoms with Crippen LogP contribution in [-0.4, -0.2) is 12.5 Å². The highest BCUT2D eigenvalue weighted by atomic mass is 19.4. The molecule has 4 nitrogen and oxygen atoms in total. The van der Waals surface area contributed by atoms with Crippen molar-refractivity contribution in [2.45, 2.75) is 6.36 Å². The molecular formula is C8H6F3NO3. The van der Waals surface area contributed by atoms with E-state index in [1.165, 1.54) is 12.1 Å². The van der Waals surface area contributed by atoms with E-state index >= 15 is 0 Å². The van der Waals surface area contributed by atoms with Crippen LogP contribution in [0.25, 0.3) is 0 Å². The maximum Gasteiger partial charge on any atom is 0.573 e. The zero-order chi connectivity index (χ0) is 11.5. The average molecular weight is 221 g/mol. The SMILES string of the molecule is NC(=O)Oc1cccc(OC(F)(F)F)c1. The number of hydrogen-bond acceptors (Lipinski definition) is 3. The fourth-order valence-corrected chi connectivity index (χ4v) is 0.851. The fraction of sp³-hybridized carbons (Fsp3) is 0.125. The molecule has 1 aromatic carbocycles. The molecule has 0 radical (unpaired) electrons. The van der Waals surface area contributed by atoms with Crippen molar-refractivity contribution in [1.29, 1.82) is 0 Å². The molecule has 0 aliphatic carbocycles. The van der Waals surface area contributed by atoms with Crippen LogP contribution >= 0.6 is 0 Å². The Labute approximate surface area is 82.4 Å². The summed E-state index contributed by atoms with van der Waals surface area (Å²) in [5.41, 5.74) is 4.68. The van der Waals surface area contributed by atoms with Gasteiger partial charge in [0.05, 0.1) is 0 Å². The molecule has 0 heterocycles. The number of carbonyl (C=O) groups is 1. The minimum absolute atomic E-state index is 0.121. The third-order valence-corrected chi connectivity index (χ3v) is 1.26. The molecule has 7 heteroatoms. The summed E-state index contributed by atoms with van der Waals surface area (Å²) >= 11 is 0. The van der Waals surface area contributed by atoms with Gasteiger partial charge in [-0.3, -0.25) is 0 Å². The third kappa shape index (κ3) is 4.21. The normalized spacial score (nSPS) is 10.9. The molecule has 82 valence electrons. The summed E-state index contributed by atoms with van der Waals surface area (Å²) in [5, 5.41) is 0. The van der Waals surface area contributed by atoms with Crippen LogP contribution in [0.1, 0.15) is 0 Å². The Balaban J connectivity index is 2.79. The summed E-state index contributed by atoms with van der Waals surface area (Å²) in [7, 11) is 0. The molecule has 0 fully saturated rings. The zero-order valence-electron chi connectivity index (χ0n) is 7.25. The number of rotatable bonds is 2. The zero-order valence-corrected chi connectivity index (χ0v) is 7.25. The predicted molar refractivity (Wildman–Crippen MR) is 43.3 cm³/mol. The van der Waals surface area contributed by atoms with Crippen molar-refractivity contribution >= 4 is 6.09 Å². The van der Waals surface area contributed by atoms with E-state index in [1.807, 2.05) is 0 Å². The summed E-state index contributed by atoms with van der Waals surface area (Å²) in [6.45, 7) is 0. The second kappa shape index (κ2) is 4.07. The van der Waals surface area contributed by atoms with Gasteiger partial charge in [-0.05, 0) is 12.1 Å². The monoisotopic (exact) mass is 221 g/mol. The van der Waals surface area contributed by atoms with Crippen LogP contribution in [0.15, 0.2) is 24.3 Å². The first-order valence-corrected chi connectivity index (χ1v) is 3.70. The van der Waals surface area contributed by atoms with Crippen molar-refractivity contribution in [2.75, 3.05) is 0 Å². The minimum atomic E-state index is -4.79. The first kappa shape index (κ1) is 11.2. The molecule has 0 saturated carbocycles. The van der Waals surface area contributed by atoms with Gasteiger partial charge >= 0.3 is 12.5 Å². The number of halogens is 3. The average Bonchev–Trinajstić information content (AvgIpc) is 1.99. The van der Waals surface area contributed by atoms with E-state index in [9.17, 15) is 18.0 Å². The highest BCUT2D eigenvalue weighted by molar-refractivity contribution is 5.68. The largest absolute Gasteiger partial charge is 0.573 e. The van der Waals surface area contributed by atoms with Crippen molar-refractivity contribution in [3.8, 4) is 11.5 Å².